The number of piperidine rings is 2. The molecule has 2 N–H and O–H groups in total. The molecule has 8 heteroatoms. The van der Waals surface area contributed by atoms with E-state index in [0.717, 1.165) is 19.4 Å². The number of ether oxygens (including phenoxy) is 1. The monoisotopic (exact) mass is 398 g/mol. The number of allylic oxidation sites excluding steroid dienone is 2. The van der Waals surface area contributed by atoms with Gasteiger partial charge in [-0.1, -0.05) is 12.2 Å². The van der Waals surface area contributed by atoms with Gasteiger partial charge >= 0.3 is 5.97 Å². The van der Waals surface area contributed by atoms with Crippen LogP contribution in [0.5, 0.6) is 0 Å². The minimum atomic E-state index is -1.92. The Bertz CT molecular complexity index is 597. The molecule has 2 amide bonds. The van der Waals surface area contributed by atoms with Gasteiger partial charge in [-0.2, -0.15) is 0 Å². The van der Waals surface area contributed by atoms with Gasteiger partial charge in [0, 0.05) is 25.9 Å². The number of carbonyl (C=O) groups excluding carboxylic acids is 3. The van der Waals surface area contributed by atoms with Crippen molar-refractivity contribution in [2.24, 2.45) is 5.41 Å². The van der Waals surface area contributed by atoms with Crippen LogP contribution in [-0.4, -0.2) is 53.9 Å². The Balaban J connectivity index is 0.000000292. The molecule has 2 aliphatic heterocycles. The zero-order valence-electron chi connectivity index (χ0n) is 16.5. The van der Waals surface area contributed by atoms with Crippen molar-refractivity contribution in [1.82, 2.24) is 10.4 Å². The lowest BCUT2D eigenvalue weighted by molar-refractivity contribution is -0.186. The number of halogens is 1. The Morgan fingerprint density at radius 2 is 1.96 bits per heavy atom. The minimum absolute atomic E-state index is 0.0249. The van der Waals surface area contributed by atoms with E-state index in [9.17, 15) is 18.8 Å². The van der Waals surface area contributed by atoms with Crippen molar-refractivity contribution in [1.29, 1.82) is 0 Å². The van der Waals surface area contributed by atoms with E-state index in [2.05, 4.69) is 23.2 Å². The molecule has 0 aromatic heterocycles. The highest BCUT2D eigenvalue weighted by Gasteiger charge is 2.43. The second kappa shape index (κ2) is 10.9. The van der Waals surface area contributed by atoms with E-state index in [1.54, 1.807) is 6.08 Å². The fourth-order valence-corrected chi connectivity index (χ4v) is 3.55. The number of methoxy groups -OCH3 is 1. The number of hydroxylamine groups is 2. The number of amides is 2. The van der Waals surface area contributed by atoms with Crippen molar-refractivity contribution in [2.75, 3.05) is 20.2 Å². The fraction of sp³-hybridized carbons (Fsp3) is 0.650. The van der Waals surface area contributed by atoms with Crippen molar-refractivity contribution < 1.29 is 28.7 Å². The van der Waals surface area contributed by atoms with Gasteiger partial charge in [0.2, 0.25) is 5.91 Å². The summed E-state index contributed by atoms with van der Waals surface area (Å²) in [5, 5.41) is 12.3. The van der Waals surface area contributed by atoms with E-state index in [-0.39, 0.29) is 37.7 Å². The van der Waals surface area contributed by atoms with Crippen molar-refractivity contribution in [3.63, 3.8) is 0 Å². The quantitative estimate of drug-likeness (QED) is 0.391. The highest BCUT2D eigenvalue weighted by atomic mass is 19.1. The summed E-state index contributed by atoms with van der Waals surface area (Å²) in [6.45, 7) is 8.01. The van der Waals surface area contributed by atoms with E-state index < -0.39 is 17.0 Å². The van der Waals surface area contributed by atoms with Crippen LogP contribution >= 0.6 is 0 Å². The van der Waals surface area contributed by atoms with Crippen molar-refractivity contribution in [3.8, 4) is 0 Å². The molecule has 158 valence electrons. The number of esters is 1. The van der Waals surface area contributed by atoms with Gasteiger partial charge in [-0.15, -0.1) is 13.2 Å². The Kier molecular flexibility index (Phi) is 9.31. The molecular weight excluding hydrogens is 367 g/mol. The predicted octanol–water partition coefficient (Wildman–Crippen LogP) is 2.69. The molecule has 2 aliphatic rings. The summed E-state index contributed by atoms with van der Waals surface area (Å²) in [6.07, 6.45) is 6.98. The average molecular weight is 398 g/mol. The molecule has 0 bridgehead atoms. The Morgan fingerprint density at radius 1 is 1.29 bits per heavy atom. The second-order valence-electron chi connectivity index (χ2n) is 7.20. The highest BCUT2D eigenvalue weighted by Crippen LogP contribution is 2.36. The first kappa shape index (κ1) is 23.8. The standard InChI is InChI=1S/C12H19NO3.C8H12FNO2/c1-3-6-12(8-5-10(14)16-2)7-4-9-13-11(12)15;1-2-4-8(9)5-3-6-10(12)7(8)11/h3H,1,4-9H2,2H3,(H,13,15);2,12H,1,3-6H2/t12-;8-/m10/s1. The first-order valence-corrected chi connectivity index (χ1v) is 9.51. The molecule has 7 nitrogen and oxygen atoms in total. The number of hydrogen-bond donors (Lipinski definition) is 2. The lowest BCUT2D eigenvalue weighted by Crippen LogP contribution is -2.49. The molecule has 2 rings (SSSR count). The predicted molar refractivity (Wildman–Crippen MR) is 102 cm³/mol. The third-order valence-corrected chi connectivity index (χ3v) is 5.20. The van der Waals surface area contributed by atoms with Crippen LogP contribution in [0.15, 0.2) is 25.3 Å². The van der Waals surface area contributed by atoms with Crippen molar-refractivity contribution in [3.05, 3.63) is 25.3 Å². The molecule has 2 atom stereocenters. The van der Waals surface area contributed by atoms with Crippen LogP contribution < -0.4 is 5.32 Å². The molecule has 0 aromatic carbocycles. The summed E-state index contributed by atoms with van der Waals surface area (Å²) in [5.74, 6) is -1.06. The van der Waals surface area contributed by atoms with Crippen LogP contribution in [-0.2, 0) is 19.1 Å². The Labute approximate surface area is 165 Å². The van der Waals surface area contributed by atoms with Gasteiger partial charge in [0.1, 0.15) is 0 Å². The number of alkyl halides is 1. The number of rotatable bonds is 7. The van der Waals surface area contributed by atoms with Gasteiger partial charge in [-0.25, -0.2) is 9.45 Å². The second-order valence-corrected chi connectivity index (χ2v) is 7.20. The summed E-state index contributed by atoms with van der Waals surface area (Å²) in [6, 6.07) is 0. The minimum Gasteiger partial charge on any atom is -0.469 e. The molecule has 2 heterocycles. The Morgan fingerprint density at radius 3 is 2.54 bits per heavy atom. The first-order chi connectivity index (χ1) is 13.2. The molecule has 0 aliphatic carbocycles. The summed E-state index contributed by atoms with van der Waals surface area (Å²) in [4.78, 5) is 34.1. The maximum Gasteiger partial charge on any atom is 0.305 e. The van der Waals surface area contributed by atoms with E-state index >= 15 is 0 Å². The maximum absolute atomic E-state index is 13.6. The molecule has 2 saturated heterocycles. The van der Waals surface area contributed by atoms with Gasteiger partial charge in [0.25, 0.3) is 5.91 Å². The number of nitrogens with zero attached hydrogens (tertiary/aromatic N) is 1. The fourth-order valence-electron chi connectivity index (χ4n) is 3.55. The lowest BCUT2D eigenvalue weighted by atomic mass is 9.73. The van der Waals surface area contributed by atoms with Crippen LogP contribution in [0.2, 0.25) is 0 Å². The zero-order valence-corrected chi connectivity index (χ0v) is 16.5. The largest absolute Gasteiger partial charge is 0.469 e. The van der Waals surface area contributed by atoms with Crippen LogP contribution in [0.3, 0.4) is 0 Å². The third-order valence-electron chi connectivity index (χ3n) is 5.20. The van der Waals surface area contributed by atoms with Crippen LogP contribution in [0.4, 0.5) is 4.39 Å². The van der Waals surface area contributed by atoms with Crippen LogP contribution in [0.1, 0.15) is 51.4 Å². The molecule has 0 spiro atoms. The third kappa shape index (κ3) is 6.15. The SMILES string of the molecule is C=CC[C@]1(CCC(=O)OC)CCCNC1=O.C=CC[C@]1(F)CCCN(O)C1=O. The van der Waals surface area contributed by atoms with Crippen molar-refractivity contribution in [2.45, 2.75) is 57.0 Å². The van der Waals surface area contributed by atoms with Crippen molar-refractivity contribution >= 4 is 17.8 Å². The summed E-state index contributed by atoms with van der Waals surface area (Å²) in [5.41, 5.74) is -2.37. The molecular formula is C20H31FN2O5. The first-order valence-electron chi connectivity index (χ1n) is 9.51. The molecule has 0 unspecified atom stereocenters. The number of carbonyl (C=O) groups is 3. The smallest absolute Gasteiger partial charge is 0.305 e. The van der Waals surface area contributed by atoms with E-state index in [4.69, 9.17) is 5.21 Å². The van der Waals surface area contributed by atoms with Gasteiger partial charge < -0.3 is 10.1 Å². The van der Waals surface area contributed by atoms with Gasteiger partial charge in [-0.05, 0) is 38.5 Å². The maximum atomic E-state index is 13.6. The van der Waals surface area contributed by atoms with E-state index in [0.29, 0.717) is 24.3 Å². The number of hydrogen-bond acceptors (Lipinski definition) is 5. The summed E-state index contributed by atoms with van der Waals surface area (Å²) >= 11 is 0. The van der Waals surface area contributed by atoms with Gasteiger partial charge in [0.05, 0.1) is 12.5 Å². The molecule has 28 heavy (non-hydrogen) atoms. The average Bonchev–Trinajstić information content (AvgIpc) is 2.67. The van der Waals surface area contributed by atoms with Crippen LogP contribution in [0.25, 0.3) is 0 Å². The Hall–Kier alpha value is -2.22. The summed E-state index contributed by atoms with van der Waals surface area (Å²) < 4.78 is 18.2. The van der Waals surface area contributed by atoms with E-state index in [1.165, 1.54) is 13.2 Å². The molecule has 0 saturated carbocycles. The zero-order chi connectivity index (χ0) is 21.2. The number of nitrogens with one attached hydrogen (secondary N) is 1. The van der Waals surface area contributed by atoms with Gasteiger partial charge in [-0.3, -0.25) is 19.6 Å². The van der Waals surface area contributed by atoms with Gasteiger partial charge in [0.15, 0.2) is 5.67 Å². The molecule has 0 radical (unpaired) electrons. The lowest BCUT2D eigenvalue weighted by Gasteiger charge is -2.35. The van der Waals surface area contributed by atoms with E-state index in [1.807, 2.05) is 0 Å². The molecule has 0 aromatic rings. The highest BCUT2D eigenvalue weighted by molar-refractivity contribution is 5.85. The normalized spacial score (nSPS) is 27.2. The summed E-state index contributed by atoms with van der Waals surface area (Å²) in [7, 11) is 1.36. The molecule has 2 fully saturated rings. The topological polar surface area (TPSA) is 95.9 Å². The van der Waals surface area contributed by atoms with Crippen LogP contribution in [0, 0.1) is 5.41 Å².